The Labute approximate surface area is 149 Å². The fourth-order valence-corrected chi connectivity index (χ4v) is 2.77. The molecule has 0 saturated carbocycles. The van der Waals surface area contributed by atoms with E-state index in [1.807, 2.05) is 0 Å². The van der Waals surface area contributed by atoms with Gasteiger partial charge >= 0.3 is 0 Å². The van der Waals surface area contributed by atoms with E-state index in [0.717, 1.165) is 32.4 Å². The molecule has 0 aliphatic carbocycles. The minimum absolute atomic E-state index is 0. The first-order chi connectivity index (χ1) is 11.1. The Morgan fingerprint density at radius 3 is 2.54 bits per heavy atom. The van der Waals surface area contributed by atoms with Crippen molar-refractivity contribution >= 4 is 35.6 Å². The van der Waals surface area contributed by atoms with Crippen molar-refractivity contribution in [3.63, 3.8) is 0 Å². The maximum Gasteiger partial charge on any atom is 0.224 e. The molecule has 0 aromatic heterocycles. The molecule has 1 aromatic rings. The molecule has 0 bridgehead atoms. The zero-order valence-electron chi connectivity index (χ0n) is 14.2. The van der Waals surface area contributed by atoms with Crippen molar-refractivity contribution in [1.82, 2.24) is 5.32 Å². The van der Waals surface area contributed by atoms with Crippen molar-refractivity contribution in [2.75, 3.05) is 30.8 Å². The van der Waals surface area contributed by atoms with Crippen LogP contribution in [0.25, 0.3) is 0 Å². The topological polar surface area (TPSA) is 79.5 Å². The highest BCUT2D eigenvalue weighted by atomic mass is 35.5. The van der Waals surface area contributed by atoms with Crippen LogP contribution in [0.15, 0.2) is 18.2 Å². The van der Waals surface area contributed by atoms with E-state index in [1.165, 1.54) is 6.92 Å². The second kappa shape index (κ2) is 10.2. The summed E-state index contributed by atoms with van der Waals surface area (Å²) in [6.07, 6.45) is 3.64. The number of carbonyl (C=O) groups is 2. The van der Waals surface area contributed by atoms with Crippen LogP contribution in [0.4, 0.5) is 11.4 Å². The van der Waals surface area contributed by atoms with Crippen molar-refractivity contribution in [2.24, 2.45) is 5.92 Å². The van der Waals surface area contributed by atoms with Crippen molar-refractivity contribution < 1.29 is 14.3 Å². The van der Waals surface area contributed by atoms with Crippen molar-refractivity contribution in [1.29, 1.82) is 0 Å². The molecule has 3 N–H and O–H groups in total. The predicted octanol–water partition coefficient (Wildman–Crippen LogP) is 2.79. The number of carbonyl (C=O) groups excluding carboxylic acids is 2. The minimum atomic E-state index is -0.180. The van der Waals surface area contributed by atoms with Crippen LogP contribution >= 0.6 is 12.4 Å². The number of anilines is 2. The summed E-state index contributed by atoms with van der Waals surface area (Å²) in [5.41, 5.74) is 1.14. The van der Waals surface area contributed by atoms with Gasteiger partial charge in [-0.05, 0) is 50.4 Å². The molecular weight excluding hydrogens is 330 g/mol. The van der Waals surface area contributed by atoms with Gasteiger partial charge in [-0.1, -0.05) is 0 Å². The van der Waals surface area contributed by atoms with Gasteiger partial charge in [0.25, 0.3) is 0 Å². The molecule has 1 aliphatic rings. The lowest BCUT2D eigenvalue weighted by atomic mass is 9.93. The zero-order chi connectivity index (χ0) is 16.7. The van der Waals surface area contributed by atoms with Gasteiger partial charge in [0.1, 0.15) is 5.75 Å². The van der Waals surface area contributed by atoms with E-state index >= 15 is 0 Å². The highest BCUT2D eigenvalue weighted by Crippen LogP contribution is 2.27. The first-order valence-corrected chi connectivity index (χ1v) is 8.04. The Kier molecular flexibility index (Phi) is 8.57. The van der Waals surface area contributed by atoms with E-state index in [-0.39, 0.29) is 24.2 Å². The maximum atomic E-state index is 12.2. The lowest BCUT2D eigenvalue weighted by molar-refractivity contribution is -0.116. The number of methoxy groups -OCH3 is 1. The van der Waals surface area contributed by atoms with E-state index in [0.29, 0.717) is 29.5 Å². The Morgan fingerprint density at radius 2 is 1.92 bits per heavy atom. The molecule has 2 amide bonds. The molecule has 24 heavy (non-hydrogen) atoms. The third kappa shape index (κ3) is 6.37. The molecule has 134 valence electrons. The molecule has 0 atom stereocenters. The first-order valence-electron chi connectivity index (χ1n) is 8.04. The van der Waals surface area contributed by atoms with Gasteiger partial charge < -0.3 is 20.7 Å². The number of ether oxygens (including phenoxy) is 1. The lowest BCUT2D eigenvalue weighted by Crippen LogP contribution is -2.28. The van der Waals surface area contributed by atoms with Crippen LogP contribution in [0.5, 0.6) is 5.75 Å². The van der Waals surface area contributed by atoms with Crippen LogP contribution in [0.3, 0.4) is 0 Å². The molecule has 0 unspecified atom stereocenters. The summed E-state index contributed by atoms with van der Waals surface area (Å²) in [4.78, 5) is 23.5. The average molecular weight is 356 g/mol. The third-order valence-electron chi connectivity index (χ3n) is 4.05. The molecule has 1 heterocycles. The molecule has 6 nitrogen and oxygen atoms in total. The SMILES string of the molecule is COc1ccc(NC(C)=O)c(NC(=O)CCC2CCNCC2)c1.Cl. The summed E-state index contributed by atoms with van der Waals surface area (Å²) < 4.78 is 5.18. The quantitative estimate of drug-likeness (QED) is 0.733. The number of benzene rings is 1. The second-order valence-corrected chi connectivity index (χ2v) is 5.87. The van der Waals surface area contributed by atoms with Crippen molar-refractivity contribution in [3.8, 4) is 5.75 Å². The van der Waals surface area contributed by atoms with Gasteiger partial charge in [-0.15, -0.1) is 12.4 Å². The summed E-state index contributed by atoms with van der Waals surface area (Å²) in [6, 6.07) is 5.19. The van der Waals surface area contributed by atoms with Crippen LogP contribution in [0, 0.1) is 5.92 Å². The lowest BCUT2D eigenvalue weighted by Gasteiger charge is -2.22. The molecular formula is C17H26ClN3O3. The number of piperidine rings is 1. The van der Waals surface area contributed by atoms with Gasteiger partial charge in [-0.3, -0.25) is 9.59 Å². The fourth-order valence-electron chi connectivity index (χ4n) is 2.77. The molecule has 1 saturated heterocycles. The highest BCUT2D eigenvalue weighted by molar-refractivity contribution is 5.99. The van der Waals surface area contributed by atoms with Gasteiger partial charge in [-0.25, -0.2) is 0 Å². The Morgan fingerprint density at radius 1 is 1.21 bits per heavy atom. The highest BCUT2D eigenvalue weighted by Gasteiger charge is 2.15. The van der Waals surface area contributed by atoms with E-state index in [4.69, 9.17) is 4.74 Å². The van der Waals surface area contributed by atoms with Crippen LogP contribution in [0.2, 0.25) is 0 Å². The smallest absolute Gasteiger partial charge is 0.224 e. The summed E-state index contributed by atoms with van der Waals surface area (Å²) in [5.74, 6) is 1.03. The summed E-state index contributed by atoms with van der Waals surface area (Å²) in [6.45, 7) is 3.51. The fraction of sp³-hybridized carbons (Fsp3) is 0.529. The average Bonchev–Trinajstić information content (AvgIpc) is 2.55. The van der Waals surface area contributed by atoms with Crippen molar-refractivity contribution in [3.05, 3.63) is 18.2 Å². The minimum Gasteiger partial charge on any atom is -0.497 e. The van der Waals surface area contributed by atoms with Gasteiger partial charge in [0.15, 0.2) is 0 Å². The summed E-state index contributed by atoms with van der Waals surface area (Å²) in [5, 5.41) is 8.92. The largest absolute Gasteiger partial charge is 0.497 e. The third-order valence-corrected chi connectivity index (χ3v) is 4.05. The van der Waals surface area contributed by atoms with E-state index in [9.17, 15) is 9.59 Å². The Hall–Kier alpha value is -1.79. The maximum absolute atomic E-state index is 12.2. The van der Waals surface area contributed by atoms with Crippen LogP contribution in [0.1, 0.15) is 32.6 Å². The molecule has 1 aromatic carbocycles. The number of hydrogen-bond acceptors (Lipinski definition) is 4. The van der Waals surface area contributed by atoms with Crippen molar-refractivity contribution in [2.45, 2.75) is 32.6 Å². The number of hydrogen-bond donors (Lipinski definition) is 3. The standard InChI is InChI=1S/C17H25N3O3.ClH/c1-12(21)19-15-5-4-14(23-2)11-16(15)20-17(22)6-3-13-7-9-18-10-8-13;/h4-5,11,13,18H,3,6-10H2,1-2H3,(H,19,21)(H,20,22);1H. The molecule has 2 rings (SSSR count). The van der Waals surface area contributed by atoms with E-state index in [2.05, 4.69) is 16.0 Å². The van der Waals surface area contributed by atoms with E-state index in [1.54, 1.807) is 25.3 Å². The number of rotatable bonds is 6. The Balaban J connectivity index is 0.00000288. The van der Waals surface area contributed by atoms with Crippen LogP contribution in [-0.2, 0) is 9.59 Å². The molecule has 1 aliphatic heterocycles. The van der Waals surface area contributed by atoms with Crippen LogP contribution in [-0.4, -0.2) is 32.0 Å². The molecule has 0 radical (unpaired) electrons. The van der Waals surface area contributed by atoms with Crippen LogP contribution < -0.4 is 20.7 Å². The van der Waals surface area contributed by atoms with Gasteiger partial charge in [0.05, 0.1) is 18.5 Å². The number of halogens is 1. The zero-order valence-corrected chi connectivity index (χ0v) is 15.0. The molecule has 0 spiro atoms. The number of amides is 2. The van der Waals surface area contributed by atoms with Gasteiger partial charge in [0, 0.05) is 19.4 Å². The van der Waals surface area contributed by atoms with E-state index < -0.39 is 0 Å². The van der Waals surface area contributed by atoms with Gasteiger partial charge in [-0.2, -0.15) is 0 Å². The summed E-state index contributed by atoms with van der Waals surface area (Å²) >= 11 is 0. The number of nitrogens with one attached hydrogen (secondary N) is 3. The first kappa shape index (κ1) is 20.3. The normalized spacial score (nSPS) is 14.4. The summed E-state index contributed by atoms with van der Waals surface area (Å²) in [7, 11) is 1.57. The Bertz CT molecular complexity index is 560. The monoisotopic (exact) mass is 355 g/mol. The molecule has 7 heteroatoms. The molecule has 1 fully saturated rings. The second-order valence-electron chi connectivity index (χ2n) is 5.87. The predicted molar refractivity (Wildman–Crippen MR) is 98.0 cm³/mol. The van der Waals surface area contributed by atoms with Gasteiger partial charge in [0.2, 0.25) is 11.8 Å².